The van der Waals surface area contributed by atoms with Crippen molar-refractivity contribution in [3.63, 3.8) is 0 Å². The molecule has 12 aromatic rings. The Bertz CT molecular complexity index is 4710. The summed E-state index contributed by atoms with van der Waals surface area (Å²) in [6.07, 6.45) is 8.43. The fourth-order valence-electron chi connectivity index (χ4n) is 14.9. The fourth-order valence-corrected chi connectivity index (χ4v) is 14.9. The van der Waals surface area contributed by atoms with Crippen LogP contribution in [0.15, 0.2) is 270 Å². The molecule has 0 radical (unpaired) electrons. The highest BCUT2D eigenvalue weighted by molar-refractivity contribution is 6.19. The zero-order chi connectivity index (χ0) is 53.9. The minimum absolute atomic E-state index is 0.00587. The first-order valence-corrected chi connectivity index (χ1v) is 29.0. The Labute approximate surface area is 473 Å². The van der Waals surface area contributed by atoms with Gasteiger partial charge in [-0.05, 0) is 140 Å². The zero-order valence-corrected chi connectivity index (χ0v) is 45.9. The second kappa shape index (κ2) is 18.5. The van der Waals surface area contributed by atoms with E-state index in [1.54, 1.807) is 0 Å². The molecule has 3 heterocycles. The molecule has 81 heavy (non-hydrogen) atoms. The van der Waals surface area contributed by atoms with Crippen LogP contribution in [0.4, 0.5) is 0 Å². The van der Waals surface area contributed by atoms with Gasteiger partial charge in [0.15, 0.2) is 0 Å². The summed E-state index contributed by atoms with van der Waals surface area (Å²) in [6, 6.07) is 88.4. The zero-order valence-electron chi connectivity index (χ0n) is 45.9. The van der Waals surface area contributed by atoms with Gasteiger partial charge in [0.1, 0.15) is 5.82 Å². The summed E-state index contributed by atoms with van der Waals surface area (Å²) in [6.45, 7) is 7.11. The van der Waals surface area contributed by atoms with E-state index in [4.69, 9.17) is 4.99 Å². The van der Waals surface area contributed by atoms with Gasteiger partial charge in [0.05, 0.1) is 33.2 Å². The third-order valence-electron chi connectivity index (χ3n) is 18.7. The van der Waals surface area contributed by atoms with Crippen LogP contribution in [0.2, 0.25) is 0 Å². The number of benzene rings is 10. The first-order chi connectivity index (χ1) is 40.0. The Morgan fingerprint density at radius 3 is 1.74 bits per heavy atom. The number of hydrogen-bond donors (Lipinski definition) is 0. The van der Waals surface area contributed by atoms with Crippen molar-refractivity contribution in [1.29, 1.82) is 0 Å². The second-order valence-corrected chi connectivity index (χ2v) is 22.7. The van der Waals surface area contributed by atoms with Crippen molar-refractivity contribution in [2.24, 2.45) is 10.9 Å². The van der Waals surface area contributed by atoms with E-state index < -0.39 is 5.41 Å². The molecular formula is C78H59N3. The number of allylic oxidation sites excluding steroid dienone is 7. The van der Waals surface area contributed by atoms with Crippen LogP contribution in [0.5, 0.6) is 0 Å². The predicted molar refractivity (Wildman–Crippen MR) is 341 cm³/mol. The molecule has 0 saturated carbocycles. The van der Waals surface area contributed by atoms with Crippen molar-refractivity contribution in [2.45, 2.75) is 51.9 Å². The highest BCUT2D eigenvalue weighted by atomic mass is 15.1. The van der Waals surface area contributed by atoms with Crippen LogP contribution < -0.4 is 0 Å². The molecule has 0 fully saturated rings. The van der Waals surface area contributed by atoms with Crippen molar-refractivity contribution < 1.29 is 0 Å². The molecule has 0 amide bonds. The minimum atomic E-state index is -0.443. The Morgan fingerprint density at radius 1 is 0.481 bits per heavy atom. The van der Waals surface area contributed by atoms with Gasteiger partial charge in [0.25, 0.3) is 0 Å². The number of rotatable bonds is 7. The second-order valence-electron chi connectivity index (χ2n) is 22.7. The van der Waals surface area contributed by atoms with Gasteiger partial charge in [0, 0.05) is 38.7 Å². The molecule has 1 atom stereocenters. The van der Waals surface area contributed by atoms with Crippen LogP contribution in [-0.2, 0) is 5.41 Å². The third kappa shape index (κ3) is 6.91. The van der Waals surface area contributed by atoms with Gasteiger partial charge in [-0.15, -0.1) is 0 Å². The molecule has 3 heteroatoms. The van der Waals surface area contributed by atoms with Crippen molar-refractivity contribution >= 4 is 66.4 Å². The van der Waals surface area contributed by atoms with Crippen LogP contribution in [0, 0.1) is 5.92 Å². The molecule has 2 aromatic heterocycles. The van der Waals surface area contributed by atoms with Gasteiger partial charge < -0.3 is 4.57 Å². The molecule has 0 bridgehead atoms. The molecule has 3 nitrogen and oxygen atoms in total. The number of aromatic nitrogens is 2. The predicted octanol–water partition coefficient (Wildman–Crippen LogP) is 20.4. The molecular weight excluding hydrogens is 979 g/mol. The maximum Gasteiger partial charge on any atom is 0.137 e. The van der Waals surface area contributed by atoms with Crippen LogP contribution in [0.1, 0.15) is 74.3 Å². The summed E-state index contributed by atoms with van der Waals surface area (Å²) in [5, 5.41) is 5.04. The van der Waals surface area contributed by atoms with Crippen molar-refractivity contribution in [3.05, 3.63) is 293 Å². The van der Waals surface area contributed by atoms with E-state index in [1.165, 1.54) is 144 Å². The van der Waals surface area contributed by atoms with E-state index in [-0.39, 0.29) is 5.92 Å². The van der Waals surface area contributed by atoms with Gasteiger partial charge in [0.2, 0.25) is 0 Å². The standard InChI is InChI=1S/C78H59N3/c1-4-51-48-65(55-43-41-53(42-44-55)52-23-7-5-8-24-52)49(2)50(3)75(79-77(51)81-71-39-20-15-33-64(71)73-58(34-22-40-72(73)81)54-25-9-6-10-26-54)56-27-21-28-57(47-56)80-70-38-19-14-31-61(70)62-45-46-69-74(76(62)80)63-32-13-18-37-68(63)78(69)66-35-16-11-29-59(66)60-30-12-17-36-67(60)78/h5-20,22-27,29-47,50H,4,21,28,48H2,1-3H3/b65-49+,77-51+,79-75+/t50-/m1/s1. The fraction of sp³-hybridized carbons (Fsp3) is 0.115. The monoisotopic (exact) mass is 1040 g/mol. The SMILES string of the molecule is CC/C1=C(n2c3ccccc3c3c(-c4ccccc4)cccc32)/N=C(/C2=CCCC(n3c4ccccc4c4ccc5c(c43)-c3ccccc3C53c4ccccc4-c4ccccc43)=C2)[C@H](C)/C(C)=C(/c2ccc(-c3ccccc3)cc2)C1. The molecule has 3 aliphatic carbocycles. The smallest absolute Gasteiger partial charge is 0.137 e. The Balaban J connectivity index is 0.937. The van der Waals surface area contributed by atoms with Crippen molar-refractivity contribution in [3.8, 4) is 44.5 Å². The summed E-state index contributed by atoms with van der Waals surface area (Å²) in [5.74, 6) is 1.02. The van der Waals surface area contributed by atoms with E-state index >= 15 is 0 Å². The van der Waals surface area contributed by atoms with Crippen LogP contribution in [-0.4, -0.2) is 14.8 Å². The van der Waals surface area contributed by atoms with Gasteiger partial charge >= 0.3 is 0 Å². The number of fused-ring (bicyclic) bond motifs is 17. The lowest BCUT2D eigenvalue weighted by Crippen LogP contribution is -2.25. The van der Waals surface area contributed by atoms with Gasteiger partial charge in [-0.1, -0.05) is 244 Å². The number of aliphatic imine (C=N–C) groups is 1. The average molecular weight is 1040 g/mol. The lowest BCUT2D eigenvalue weighted by Gasteiger charge is -2.30. The van der Waals surface area contributed by atoms with E-state index in [0.717, 1.165) is 37.2 Å². The summed E-state index contributed by atoms with van der Waals surface area (Å²) in [5.41, 5.74) is 28.9. The molecule has 386 valence electrons. The van der Waals surface area contributed by atoms with Crippen molar-refractivity contribution in [1.82, 2.24) is 9.13 Å². The lowest BCUT2D eigenvalue weighted by molar-refractivity contribution is 0.794. The first-order valence-electron chi connectivity index (χ1n) is 29.0. The van der Waals surface area contributed by atoms with Crippen LogP contribution in [0.3, 0.4) is 0 Å². The molecule has 16 rings (SSSR count). The Kier molecular flexibility index (Phi) is 10.8. The highest BCUT2D eigenvalue weighted by Crippen LogP contribution is 2.64. The Morgan fingerprint density at radius 2 is 1.04 bits per heavy atom. The maximum atomic E-state index is 6.19. The van der Waals surface area contributed by atoms with E-state index in [0.29, 0.717) is 0 Å². The summed E-state index contributed by atoms with van der Waals surface area (Å²) < 4.78 is 5.16. The molecule has 0 unspecified atom stereocenters. The lowest BCUT2D eigenvalue weighted by atomic mass is 9.70. The molecule has 10 aromatic carbocycles. The van der Waals surface area contributed by atoms with E-state index in [2.05, 4.69) is 279 Å². The Hall–Kier alpha value is -9.57. The first kappa shape index (κ1) is 47.4. The molecule has 0 N–H and O–H groups in total. The van der Waals surface area contributed by atoms with Crippen LogP contribution >= 0.6 is 0 Å². The average Bonchev–Trinajstić information content (AvgIpc) is 4.44. The summed E-state index contributed by atoms with van der Waals surface area (Å²) >= 11 is 0. The quantitative estimate of drug-likeness (QED) is 0.152. The maximum absolute atomic E-state index is 6.19. The highest BCUT2D eigenvalue weighted by Gasteiger charge is 2.52. The van der Waals surface area contributed by atoms with Gasteiger partial charge in [-0.25, -0.2) is 4.99 Å². The van der Waals surface area contributed by atoms with Crippen molar-refractivity contribution in [2.75, 3.05) is 0 Å². The van der Waals surface area contributed by atoms with E-state index in [1.807, 2.05) is 0 Å². The minimum Gasteiger partial charge on any atom is -0.312 e. The topological polar surface area (TPSA) is 22.2 Å². The molecule has 0 saturated heterocycles. The third-order valence-corrected chi connectivity index (χ3v) is 18.7. The number of hydrogen-bond acceptors (Lipinski definition) is 1. The normalized spacial score (nSPS) is 18.8. The van der Waals surface area contributed by atoms with E-state index in [9.17, 15) is 0 Å². The number of nitrogens with zero attached hydrogens (tertiary/aromatic N) is 3. The molecule has 4 aliphatic rings. The molecule has 1 aliphatic heterocycles. The summed E-state index contributed by atoms with van der Waals surface area (Å²) in [4.78, 5) is 6.19. The van der Waals surface area contributed by atoms with Crippen LogP contribution in [0.25, 0.3) is 105 Å². The molecule has 1 spiro atoms. The summed E-state index contributed by atoms with van der Waals surface area (Å²) in [7, 11) is 0. The number of para-hydroxylation sites is 2. The van der Waals surface area contributed by atoms with Gasteiger partial charge in [-0.3, -0.25) is 4.57 Å². The largest absolute Gasteiger partial charge is 0.312 e. The van der Waals surface area contributed by atoms with Gasteiger partial charge in [-0.2, -0.15) is 0 Å².